The Kier molecular flexibility index (Phi) is 4.04. The van der Waals surface area contributed by atoms with Crippen LogP contribution < -0.4 is 11.1 Å². The van der Waals surface area contributed by atoms with Crippen LogP contribution in [0.1, 0.15) is 45.4 Å². The maximum absolute atomic E-state index is 5.89. The van der Waals surface area contributed by atoms with Crippen molar-refractivity contribution in [2.75, 3.05) is 13.1 Å². The lowest BCUT2D eigenvalue weighted by atomic mass is 9.80. The fourth-order valence-electron chi connectivity index (χ4n) is 3.14. The second kappa shape index (κ2) is 5.31. The Morgan fingerprint density at radius 3 is 2.40 bits per heavy atom. The van der Waals surface area contributed by atoms with Gasteiger partial charge in [0.05, 0.1) is 0 Å². The molecule has 2 aliphatic rings. The standard InChI is InChI=1S/C13H26N2/c1-10-6-7-13(10)15-9-12(8-14)11-4-2-3-5-11/h10-13,15H,2-9,14H2,1H3. The first-order chi connectivity index (χ1) is 7.31. The number of rotatable bonds is 5. The van der Waals surface area contributed by atoms with E-state index in [0.717, 1.165) is 36.9 Å². The minimum Gasteiger partial charge on any atom is -0.330 e. The molecule has 2 saturated carbocycles. The molecule has 3 unspecified atom stereocenters. The maximum atomic E-state index is 5.89. The van der Waals surface area contributed by atoms with E-state index in [1.807, 2.05) is 0 Å². The molecule has 0 amide bonds. The van der Waals surface area contributed by atoms with E-state index in [-0.39, 0.29) is 0 Å². The summed E-state index contributed by atoms with van der Waals surface area (Å²) in [6.45, 7) is 4.39. The Morgan fingerprint density at radius 1 is 1.20 bits per heavy atom. The molecule has 3 atom stereocenters. The third-order valence-corrected chi connectivity index (χ3v) is 4.63. The quantitative estimate of drug-likeness (QED) is 0.729. The summed E-state index contributed by atoms with van der Waals surface area (Å²) < 4.78 is 0. The van der Waals surface area contributed by atoms with Gasteiger partial charge in [-0.1, -0.05) is 32.6 Å². The Hall–Kier alpha value is -0.0800. The number of hydrogen-bond acceptors (Lipinski definition) is 2. The van der Waals surface area contributed by atoms with Crippen LogP contribution in [0.2, 0.25) is 0 Å². The summed E-state index contributed by atoms with van der Waals surface area (Å²) in [4.78, 5) is 0. The smallest absolute Gasteiger partial charge is 0.00929 e. The van der Waals surface area contributed by atoms with Crippen LogP contribution >= 0.6 is 0 Å². The molecule has 0 heterocycles. The molecule has 2 aliphatic carbocycles. The lowest BCUT2D eigenvalue weighted by Gasteiger charge is -2.36. The first kappa shape index (κ1) is 11.4. The number of nitrogens with one attached hydrogen (secondary N) is 1. The maximum Gasteiger partial charge on any atom is 0.00929 e. The van der Waals surface area contributed by atoms with Gasteiger partial charge >= 0.3 is 0 Å². The van der Waals surface area contributed by atoms with E-state index >= 15 is 0 Å². The summed E-state index contributed by atoms with van der Waals surface area (Å²) in [5, 5.41) is 3.72. The Morgan fingerprint density at radius 2 is 1.93 bits per heavy atom. The molecule has 0 aromatic rings. The van der Waals surface area contributed by atoms with E-state index < -0.39 is 0 Å². The van der Waals surface area contributed by atoms with Crippen LogP contribution in [0.15, 0.2) is 0 Å². The highest BCUT2D eigenvalue weighted by atomic mass is 14.9. The molecule has 15 heavy (non-hydrogen) atoms. The Balaban J connectivity index is 1.70. The molecular formula is C13H26N2. The SMILES string of the molecule is CC1CCC1NCC(CN)C1CCCC1. The lowest BCUT2D eigenvalue weighted by Crippen LogP contribution is -2.46. The zero-order chi connectivity index (χ0) is 10.7. The van der Waals surface area contributed by atoms with Crippen molar-refractivity contribution in [1.82, 2.24) is 5.32 Å². The minimum absolute atomic E-state index is 0.736. The normalized spacial score (nSPS) is 34.0. The van der Waals surface area contributed by atoms with E-state index in [1.165, 1.54) is 38.5 Å². The second-order valence-electron chi connectivity index (χ2n) is 5.61. The molecule has 0 aromatic heterocycles. The van der Waals surface area contributed by atoms with E-state index in [0.29, 0.717) is 0 Å². The van der Waals surface area contributed by atoms with Gasteiger partial charge in [-0.25, -0.2) is 0 Å². The van der Waals surface area contributed by atoms with Crippen LogP contribution in [0.3, 0.4) is 0 Å². The van der Waals surface area contributed by atoms with E-state index in [4.69, 9.17) is 5.73 Å². The van der Waals surface area contributed by atoms with Gasteiger partial charge in [0, 0.05) is 6.04 Å². The van der Waals surface area contributed by atoms with Gasteiger partial charge in [-0.3, -0.25) is 0 Å². The fraction of sp³-hybridized carbons (Fsp3) is 1.00. The number of nitrogens with two attached hydrogens (primary N) is 1. The summed E-state index contributed by atoms with van der Waals surface area (Å²) in [7, 11) is 0. The highest BCUT2D eigenvalue weighted by Crippen LogP contribution is 2.32. The molecule has 0 bridgehead atoms. The molecule has 88 valence electrons. The van der Waals surface area contributed by atoms with Gasteiger partial charge < -0.3 is 11.1 Å². The van der Waals surface area contributed by atoms with Crippen LogP contribution in [-0.4, -0.2) is 19.1 Å². The third kappa shape index (κ3) is 2.73. The number of hydrogen-bond donors (Lipinski definition) is 2. The predicted octanol–water partition coefficient (Wildman–Crippen LogP) is 2.14. The molecule has 2 rings (SSSR count). The van der Waals surface area contributed by atoms with Crippen LogP contribution in [0, 0.1) is 17.8 Å². The summed E-state index contributed by atoms with van der Waals surface area (Å²) in [6.07, 6.45) is 8.49. The van der Waals surface area contributed by atoms with Crippen molar-refractivity contribution in [3.63, 3.8) is 0 Å². The molecule has 2 heteroatoms. The molecule has 3 N–H and O–H groups in total. The van der Waals surface area contributed by atoms with Gasteiger partial charge in [0.2, 0.25) is 0 Å². The molecule has 0 spiro atoms. The van der Waals surface area contributed by atoms with Gasteiger partial charge in [-0.15, -0.1) is 0 Å². The molecule has 0 saturated heterocycles. The van der Waals surface area contributed by atoms with Crippen molar-refractivity contribution in [2.24, 2.45) is 23.5 Å². The molecular weight excluding hydrogens is 184 g/mol. The van der Waals surface area contributed by atoms with Crippen LogP contribution in [-0.2, 0) is 0 Å². The van der Waals surface area contributed by atoms with Crippen molar-refractivity contribution < 1.29 is 0 Å². The first-order valence-corrected chi connectivity index (χ1v) is 6.74. The largest absolute Gasteiger partial charge is 0.330 e. The highest BCUT2D eigenvalue weighted by molar-refractivity contribution is 4.86. The minimum atomic E-state index is 0.736. The average molecular weight is 210 g/mol. The van der Waals surface area contributed by atoms with Gasteiger partial charge in [0.15, 0.2) is 0 Å². The average Bonchev–Trinajstić information content (AvgIpc) is 2.75. The zero-order valence-corrected chi connectivity index (χ0v) is 10.0. The van der Waals surface area contributed by atoms with Crippen LogP contribution in [0.5, 0.6) is 0 Å². The van der Waals surface area contributed by atoms with Gasteiger partial charge in [0.25, 0.3) is 0 Å². The predicted molar refractivity (Wildman–Crippen MR) is 64.7 cm³/mol. The van der Waals surface area contributed by atoms with Crippen molar-refractivity contribution in [3.8, 4) is 0 Å². The monoisotopic (exact) mass is 210 g/mol. The molecule has 0 radical (unpaired) electrons. The fourth-order valence-corrected chi connectivity index (χ4v) is 3.14. The molecule has 2 nitrogen and oxygen atoms in total. The second-order valence-corrected chi connectivity index (χ2v) is 5.61. The summed E-state index contributed by atoms with van der Waals surface area (Å²) >= 11 is 0. The summed E-state index contributed by atoms with van der Waals surface area (Å²) in [5.74, 6) is 2.55. The van der Waals surface area contributed by atoms with Crippen LogP contribution in [0.25, 0.3) is 0 Å². The van der Waals surface area contributed by atoms with Gasteiger partial charge in [-0.2, -0.15) is 0 Å². The molecule has 2 fully saturated rings. The van der Waals surface area contributed by atoms with Crippen molar-refractivity contribution in [3.05, 3.63) is 0 Å². The van der Waals surface area contributed by atoms with E-state index in [2.05, 4.69) is 12.2 Å². The topological polar surface area (TPSA) is 38.0 Å². The van der Waals surface area contributed by atoms with E-state index in [1.54, 1.807) is 0 Å². The zero-order valence-electron chi connectivity index (χ0n) is 10.0. The van der Waals surface area contributed by atoms with Crippen molar-refractivity contribution >= 4 is 0 Å². The van der Waals surface area contributed by atoms with Crippen molar-refractivity contribution in [2.45, 2.75) is 51.5 Å². The molecule has 0 aliphatic heterocycles. The molecule has 0 aromatic carbocycles. The highest BCUT2D eigenvalue weighted by Gasteiger charge is 2.29. The summed E-state index contributed by atoms with van der Waals surface area (Å²) in [6, 6.07) is 0.792. The lowest BCUT2D eigenvalue weighted by molar-refractivity contribution is 0.206. The third-order valence-electron chi connectivity index (χ3n) is 4.63. The van der Waals surface area contributed by atoms with E-state index in [9.17, 15) is 0 Å². The van der Waals surface area contributed by atoms with Gasteiger partial charge in [-0.05, 0) is 43.7 Å². The Bertz CT molecular complexity index is 187. The van der Waals surface area contributed by atoms with Gasteiger partial charge in [0.1, 0.15) is 0 Å². The van der Waals surface area contributed by atoms with Crippen LogP contribution in [0.4, 0.5) is 0 Å². The van der Waals surface area contributed by atoms with Crippen molar-refractivity contribution in [1.29, 1.82) is 0 Å². The first-order valence-electron chi connectivity index (χ1n) is 6.74. The summed E-state index contributed by atoms with van der Waals surface area (Å²) in [5.41, 5.74) is 5.89. The Labute approximate surface area is 94.0 Å².